The second-order valence-corrected chi connectivity index (χ2v) is 5.03. The van der Waals surface area contributed by atoms with Gasteiger partial charge in [-0.25, -0.2) is 4.79 Å². The Morgan fingerprint density at radius 3 is 2.75 bits per heavy atom. The summed E-state index contributed by atoms with van der Waals surface area (Å²) in [6.45, 7) is 2.52. The number of carboxylic acid groups (broad SMARTS) is 1. The van der Waals surface area contributed by atoms with Crippen LogP contribution in [0.5, 0.6) is 0 Å². The Labute approximate surface area is 118 Å². The molecule has 0 atom stereocenters. The number of anilines is 1. The Morgan fingerprint density at radius 2 is 2.20 bits per heavy atom. The largest absolute Gasteiger partial charge is 0.478 e. The Balaban J connectivity index is 2.14. The lowest BCUT2D eigenvalue weighted by molar-refractivity contribution is 0.0697. The van der Waals surface area contributed by atoms with E-state index in [4.69, 9.17) is 9.84 Å². The molecule has 20 heavy (non-hydrogen) atoms. The summed E-state index contributed by atoms with van der Waals surface area (Å²) in [5, 5.41) is 18.2. The van der Waals surface area contributed by atoms with Gasteiger partial charge in [0.15, 0.2) is 0 Å². The van der Waals surface area contributed by atoms with E-state index in [0.717, 1.165) is 38.2 Å². The summed E-state index contributed by atoms with van der Waals surface area (Å²) in [7, 11) is 1.71. The first kappa shape index (κ1) is 14.4. The molecule has 0 radical (unpaired) electrons. The predicted octanol–water partition coefficient (Wildman–Crippen LogP) is 2.12. The van der Waals surface area contributed by atoms with Gasteiger partial charge in [0.1, 0.15) is 6.07 Å². The standard InChI is InChI=1S/C15H18N2O3/c1-20-10-11-4-6-17(7-5-11)14-3-2-12(15(18)19)8-13(14)9-16/h2-3,8,11H,4-7,10H2,1H3,(H,18,19). The zero-order chi connectivity index (χ0) is 14.5. The van der Waals surface area contributed by atoms with Crippen molar-refractivity contribution in [1.29, 1.82) is 5.26 Å². The lowest BCUT2D eigenvalue weighted by atomic mass is 9.96. The van der Waals surface area contributed by atoms with Crippen molar-refractivity contribution in [3.8, 4) is 6.07 Å². The van der Waals surface area contributed by atoms with Gasteiger partial charge in [-0.05, 0) is 37.0 Å². The van der Waals surface area contributed by atoms with Crippen LogP contribution in [0.4, 0.5) is 5.69 Å². The molecule has 1 fully saturated rings. The normalized spacial score (nSPS) is 15.9. The number of nitriles is 1. The smallest absolute Gasteiger partial charge is 0.335 e. The summed E-state index contributed by atoms with van der Waals surface area (Å²) >= 11 is 0. The van der Waals surface area contributed by atoms with Crippen molar-refractivity contribution in [2.45, 2.75) is 12.8 Å². The molecule has 1 aromatic carbocycles. The van der Waals surface area contributed by atoms with Gasteiger partial charge < -0.3 is 14.7 Å². The van der Waals surface area contributed by atoms with E-state index in [1.165, 1.54) is 6.07 Å². The Kier molecular flexibility index (Phi) is 4.59. The van der Waals surface area contributed by atoms with Crippen LogP contribution in [0.15, 0.2) is 18.2 Å². The molecule has 0 unspecified atom stereocenters. The molecule has 1 heterocycles. The highest BCUT2D eigenvalue weighted by Crippen LogP contribution is 2.27. The van der Waals surface area contributed by atoms with E-state index in [1.54, 1.807) is 19.2 Å². The minimum atomic E-state index is -1.01. The van der Waals surface area contributed by atoms with Crippen molar-refractivity contribution in [3.63, 3.8) is 0 Å². The van der Waals surface area contributed by atoms with Crippen LogP contribution < -0.4 is 4.90 Å². The molecule has 0 spiro atoms. The molecule has 1 aliphatic heterocycles. The van der Waals surface area contributed by atoms with E-state index in [-0.39, 0.29) is 5.56 Å². The van der Waals surface area contributed by atoms with Crippen molar-refractivity contribution in [2.75, 3.05) is 31.7 Å². The number of methoxy groups -OCH3 is 1. The number of carbonyl (C=O) groups is 1. The highest BCUT2D eigenvalue weighted by atomic mass is 16.5. The predicted molar refractivity (Wildman–Crippen MR) is 74.9 cm³/mol. The number of benzene rings is 1. The van der Waals surface area contributed by atoms with Crippen LogP contribution in [0.1, 0.15) is 28.8 Å². The van der Waals surface area contributed by atoms with E-state index in [2.05, 4.69) is 11.0 Å². The van der Waals surface area contributed by atoms with E-state index < -0.39 is 5.97 Å². The van der Waals surface area contributed by atoms with Gasteiger partial charge in [0.05, 0.1) is 16.8 Å². The van der Waals surface area contributed by atoms with Crippen LogP contribution in [-0.4, -0.2) is 37.9 Å². The molecular weight excluding hydrogens is 256 g/mol. The quantitative estimate of drug-likeness (QED) is 0.910. The maximum atomic E-state index is 10.9. The third kappa shape index (κ3) is 3.09. The average Bonchev–Trinajstić information content (AvgIpc) is 2.47. The lowest BCUT2D eigenvalue weighted by Crippen LogP contribution is -2.35. The van der Waals surface area contributed by atoms with E-state index in [0.29, 0.717) is 11.5 Å². The highest BCUT2D eigenvalue weighted by Gasteiger charge is 2.21. The monoisotopic (exact) mass is 274 g/mol. The molecule has 0 bridgehead atoms. The number of rotatable bonds is 4. The first-order valence-corrected chi connectivity index (χ1v) is 6.67. The second kappa shape index (κ2) is 6.40. The molecule has 1 N–H and O–H groups in total. The summed E-state index contributed by atoms with van der Waals surface area (Å²) in [5.74, 6) is -0.438. The van der Waals surface area contributed by atoms with Crippen LogP contribution in [0, 0.1) is 17.2 Å². The summed E-state index contributed by atoms with van der Waals surface area (Å²) in [4.78, 5) is 13.1. The van der Waals surface area contributed by atoms with Crippen molar-refractivity contribution in [3.05, 3.63) is 29.3 Å². The van der Waals surface area contributed by atoms with E-state index in [9.17, 15) is 10.1 Å². The third-order valence-corrected chi connectivity index (χ3v) is 3.72. The van der Waals surface area contributed by atoms with Gasteiger partial charge >= 0.3 is 5.97 Å². The van der Waals surface area contributed by atoms with Gasteiger partial charge in [-0.1, -0.05) is 0 Å². The second-order valence-electron chi connectivity index (χ2n) is 5.03. The zero-order valence-corrected chi connectivity index (χ0v) is 11.5. The average molecular weight is 274 g/mol. The zero-order valence-electron chi connectivity index (χ0n) is 11.5. The maximum absolute atomic E-state index is 10.9. The van der Waals surface area contributed by atoms with E-state index >= 15 is 0 Å². The minimum Gasteiger partial charge on any atom is -0.478 e. The van der Waals surface area contributed by atoms with Crippen LogP contribution >= 0.6 is 0 Å². The summed E-state index contributed by atoms with van der Waals surface area (Å²) < 4.78 is 5.17. The molecular formula is C15H18N2O3. The molecule has 1 aromatic rings. The van der Waals surface area contributed by atoms with Crippen LogP contribution in [0.3, 0.4) is 0 Å². The van der Waals surface area contributed by atoms with Crippen molar-refractivity contribution in [1.82, 2.24) is 0 Å². The molecule has 0 amide bonds. The molecule has 0 saturated carbocycles. The number of piperidine rings is 1. The molecule has 5 nitrogen and oxygen atoms in total. The molecule has 1 saturated heterocycles. The Morgan fingerprint density at radius 1 is 1.50 bits per heavy atom. The number of hydrogen-bond acceptors (Lipinski definition) is 4. The fourth-order valence-electron chi connectivity index (χ4n) is 2.61. The molecule has 0 aliphatic carbocycles. The Bertz CT molecular complexity index is 528. The van der Waals surface area contributed by atoms with Gasteiger partial charge in [-0.3, -0.25) is 0 Å². The molecule has 2 rings (SSSR count). The number of hydrogen-bond donors (Lipinski definition) is 1. The first-order valence-electron chi connectivity index (χ1n) is 6.67. The SMILES string of the molecule is COCC1CCN(c2ccc(C(=O)O)cc2C#N)CC1. The number of aromatic carboxylic acids is 1. The number of ether oxygens (including phenoxy) is 1. The van der Waals surface area contributed by atoms with Crippen LogP contribution in [-0.2, 0) is 4.74 Å². The summed E-state index contributed by atoms with van der Waals surface area (Å²) in [5.41, 5.74) is 1.41. The lowest BCUT2D eigenvalue weighted by Gasteiger charge is -2.33. The molecule has 5 heteroatoms. The fourth-order valence-corrected chi connectivity index (χ4v) is 2.61. The van der Waals surface area contributed by atoms with Gasteiger partial charge in [0, 0.05) is 26.8 Å². The summed E-state index contributed by atoms with van der Waals surface area (Å²) in [6, 6.07) is 6.83. The van der Waals surface area contributed by atoms with Gasteiger partial charge in [-0.2, -0.15) is 5.26 Å². The van der Waals surface area contributed by atoms with Crippen molar-refractivity contribution < 1.29 is 14.6 Å². The van der Waals surface area contributed by atoms with E-state index in [1.807, 2.05) is 0 Å². The topological polar surface area (TPSA) is 73.6 Å². The molecule has 0 aromatic heterocycles. The fraction of sp³-hybridized carbons (Fsp3) is 0.467. The molecule has 1 aliphatic rings. The van der Waals surface area contributed by atoms with Crippen molar-refractivity contribution in [2.24, 2.45) is 5.92 Å². The van der Waals surface area contributed by atoms with Crippen molar-refractivity contribution >= 4 is 11.7 Å². The third-order valence-electron chi connectivity index (χ3n) is 3.72. The van der Waals surface area contributed by atoms with Crippen LogP contribution in [0.25, 0.3) is 0 Å². The summed E-state index contributed by atoms with van der Waals surface area (Å²) in [6.07, 6.45) is 2.05. The first-order chi connectivity index (χ1) is 9.65. The maximum Gasteiger partial charge on any atom is 0.335 e. The minimum absolute atomic E-state index is 0.152. The van der Waals surface area contributed by atoms with Gasteiger partial charge in [0.2, 0.25) is 0 Å². The number of carboxylic acids is 1. The number of nitrogens with zero attached hydrogens (tertiary/aromatic N) is 2. The Hall–Kier alpha value is -2.06. The molecule has 106 valence electrons. The highest BCUT2D eigenvalue weighted by molar-refractivity contribution is 5.89. The van der Waals surface area contributed by atoms with Crippen LogP contribution in [0.2, 0.25) is 0 Å². The van der Waals surface area contributed by atoms with Gasteiger partial charge in [0.25, 0.3) is 0 Å². The van der Waals surface area contributed by atoms with Gasteiger partial charge in [-0.15, -0.1) is 0 Å².